The topological polar surface area (TPSA) is 190 Å². The first-order valence-corrected chi connectivity index (χ1v) is 36.4. The maximum atomic E-state index is 12.8. The number of nitrogens with two attached hydrogens (primary N) is 1. The van der Waals surface area contributed by atoms with Gasteiger partial charge in [-0.1, -0.05) is 219 Å². The molecule has 0 saturated heterocycles. The first-order valence-electron chi connectivity index (χ1n) is 34.7. The zero-order valence-electron chi connectivity index (χ0n) is 54.5. The van der Waals surface area contributed by atoms with Crippen molar-refractivity contribution in [2.75, 3.05) is 69.7 Å². The van der Waals surface area contributed by atoms with E-state index in [0.29, 0.717) is 55.1 Å². The maximum Gasteiger partial charge on any atom is 0.330 e. The molecule has 1 amide bonds. The van der Waals surface area contributed by atoms with Crippen molar-refractivity contribution in [1.29, 1.82) is 0 Å². The van der Waals surface area contributed by atoms with Crippen LogP contribution in [-0.4, -0.2) is 84.1 Å². The summed E-state index contributed by atoms with van der Waals surface area (Å²) in [5.74, 6) is 0.559. The lowest BCUT2D eigenvalue weighted by Gasteiger charge is -2.17. The maximum absolute atomic E-state index is 12.8. The van der Waals surface area contributed by atoms with Gasteiger partial charge in [-0.05, 0) is 140 Å². The molecule has 0 unspecified atom stereocenters. The summed E-state index contributed by atoms with van der Waals surface area (Å²) in [6.07, 6.45) is 57.7. The number of allylic oxidation sites excluding steroid dienone is 4. The van der Waals surface area contributed by atoms with Crippen LogP contribution < -0.4 is 32.7 Å². The van der Waals surface area contributed by atoms with E-state index < -0.39 is 7.60 Å². The SMILES string of the molecule is CCCCCCCC/C=C\CCCCCCCCOP(=O)(CC)OCCCCCCCC/C=C\CCCCCCCC.CCCCNc1nc(N)c2[nH]c(=O)n(Cc3ccc(C(=O)NCCCCCCCCNCCCNCCC)cc3)c2n1. The molecule has 3 rings (SSSR count). The van der Waals surface area contributed by atoms with Gasteiger partial charge in [0, 0.05) is 24.8 Å². The number of amides is 1. The highest BCUT2D eigenvalue weighted by molar-refractivity contribution is 7.53. The van der Waals surface area contributed by atoms with Crippen LogP contribution in [0.25, 0.3) is 11.2 Å². The van der Waals surface area contributed by atoms with E-state index in [4.69, 9.17) is 14.8 Å². The smallest absolute Gasteiger partial charge is 0.330 e. The Labute approximate surface area is 513 Å². The standard InChI is InChI=1S/C38H75O3P.C31H51N9O2/c1-4-7-9-11-13-15-17-19-21-23-25-27-29-31-33-35-37-40-42(39,6-3)41-38-36-34-32-30-28-26-24-22-20-18-16-14-12-10-8-5-2;1-3-5-21-36-30-38-27(32)26-28(39-30)40(31(42)37-26)23-24-13-15-25(16-14-24)29(41)35-22-11-9-7-6-8-10-18-34-20-12-19-33-17-4-2/h19-22H,4-18,23-38H2,1-3H3;13-16,33-34H,3-12,17-23H2,1-2H3,(H,35,41)(H,37,42)(H3,32,36,38,39)/b21-19-,22-20-;. The quantitative estimate of drug-likeness (QED) is 0.0179. The number of imidazole rings is 1. The summed E-state index contributed by atoms with van der Waals surface area (Å²) in [6.45, 7) is 18.0. The molecule has 2 heterocycles. The molecule has 0 spiro atoms. The van der Waals surface area contributed by atoms with E-state index in [1.807, 2.05) is 19.1 Å². The Hall–Kier alpha value is -3.81. The number of nitrogens with zero attached hydrogens (tertiary/aromatic N) is 3. The lowest BCUT2D eigenvalue weighted by molar-refractivity contribution is 0.0952. The highest BCUT2D eigenvalue weighted by Crippen LogP contribution is 2.48. The van der Waals surface area contributed by atoms with Gasteiger partial charge in [-0.2, -0.15) is 9.97 Å². The number of carbonyl (C=O) groups is 1. The number of nitrogens with one attached hydrogen (secondary N) is 5. The van der Waals surface area contributed by atoms with Gasteiger partial charge in [-0.25, -0.2) is 4.79 Å². The number of H-pyrrole nitrogens is 1. The molecule has 0 bridgehead atoms. The second-order valence-electron chi connectivity index (χ2n) is 23.3. The molecular formula is C69H126N9O5P. The summed E-state index contributed by atoms with van der Waals surface area (Å²) < 4.78 is 25.9. The number of benzene rings is 1. The van der Waals surface area contributed by atoms with Crippen LogP contribution >= 0.6 is 7.60 Å². The summed E-state index contributed by atoms with van der Waals surface area (Å²) in [4.78, 5) is 36.8. The van der Waals surface area contributed by atoms with Crippen LogP contribution in [0.4, 0.5) is 11.8 Å². The summed E-state index contributed by atoms with van der Waals surface area (Å²) in [6, 6.07) is 7.31. The van der Waals surface area contributed by atoms with Crippen molar-refractivity contribution < 1.29 is 18.4 Å². The average molecular weight is 1190 g/mol. The molecule has 3 aromatic rings. The van der Waals surface area contributed by atoms with Crippen LogP contribution in [0.5, 0.6) is 0 Å². The Kier molecular flexibility index (Phi) is 49.6. The van der Waals surface area contributed by atoms with E-state index >= 15 is 0 Å². The number of carbonyl (C=O) groups excluding carboxylic acids is 1. The number of rotatable bonds is 57. The predicted molar refractivity (Wildman–Crippen MR) is 361 cm³/mol. The van der Waals surface area contributed by atoms with Crippen LogP contribution in [-0.2, 0) is 20.2 Å². The normalized spacial score (nSPS) is 11.8. The van der Waals surface area contributed by atoms with Crippen molar-refractivity contribution in [3.05, 3.63) is 70.2 Å². The van der Waals surface area contributed by atoms with Crippen molar-refractivity contribution in [3.63, 3.8) is 0 Å². The largest absolute Gasteiger partial charge is 0.382 e. The fourth-order valence-electron chi connectivity index (χ4n) is 10.1. The number of unbranched alkanes of at least 4 members (excludes halogenated alkanes) is 30. The average Bonchev–Trinajstić information content (AvgIpc) is 3.68. The molecule has 0 radical (unpaired) electrons. The molecule has 0 aliphatic heterocycles. The number of aromatic nitrogens is 4. The predicted octanol–water partition coefficient (Wildman–Crippen LogP) is 18.3. The zero-order valence-corrected chi connectivity index (χ0v) is 55.4. The van der Waals surface area contributed by atoms with Gasteiger partial charge in [0.15, 0.2) is 11.5 Å². The molecule has 15 heteroatoms. The van der Waals surface area contributed by atoms with Crippen molar-refractivity contribution in [2.45, 2.75) is 285 Å². The molecule has 0 aliphatic carbocycles. The van der Waals surface area contributed by atoms with Gasteiger partial charge in [0.1, 0.15) is 5.52 Å². The number of anilines is 2. The monoisotopic (exact) mass is 1190 g/mol. The summed E-state index contributed by atoms with van der Waals surface area (Å²) in [5.41, 5.74) is 8.14. The van der Waals surface area contributed by atoms with Crippen LogP contribution in [0.1, 0.15) is 295 Å². The molecule has 2 aromatic heterocycles. The molecule has 0 saturated carbocycles. The minimum Gasteiger partial charge on any atom is -0.382 e. The van der Waals surface area contributed by atoms with Gasteiger partial charge in [-0.15, -0.1) is 0 Å². The van der Waals surface area contributed by atoms with E-state index in [-0.39, 0.29) is 17.4 Å². The molecule has 1 aromatic carbocycles. The summed E-state index contributed by atoms with van der Waals surface area (Å²) >= 11 is 0. The first-order chi connectivity index (χ1) is 41.2. The van der Waals surface area contributed by atoms with E-state index in [9.17, 15) is 14.2 Å². The van der Waals surface area contributed by atoms with Gasteiger partial charge in [0.05, 0.1) is 19.8 Å². The van der Waals surface area contributed by atoms with Crippen molar-refractivity contribution >= 4 is 36.4 Å². The number of aromatic amines is 1. The molecule has 0 fully saturated rings. The number of fused-ring (bicyclic) bond motifs is 1. The van der Waals surface area contributed by atoms with Gasteiger partial charge in [-0.3, -0.25) is 13.9 Å². The summed E-state index contributed by atoms with van der Waals surface area (Å²) in [5, 5.41) is 13.1. The van der Waals surface area contributed by atoms with E-state index in [0.717, 1.165) is 89.7 Å². The van der Waals surface area contributed by atoms with Crippen LogP contribution in [0.2, 0.25) is 0 Å². The number of hydrogen-bond acceptors (Lipinski definition) is 11. The number of hydrogen-bond donors (Lipinski definition) is 6. The Balaban J connectivity index is 0.000000573. The van der Waals surface area contributed by atoms with Crippen molar-refractivity contribution in [1.82, 2.24) is 35.5 Å². The van der Waals surface area contributed by atoms with E-state index in [1.165, 1.54) is 197 Å². The van der Waals surface area contributed by atoms with Gasteiger partial charge >= 0.3 is 13.3 Å². The van der Waals surface area contributed by atoms with Gasteiger partial charge in [0.25, 0.3) is 5.91 Å². The van der Waals surface area contributed by atoms with Crippen molar-refractivity contribution in [2.24, 2.45) is 0 Å². The summed E-state index contributed by atoms with van der Waals surface area (Å²) in [7, 11) is -2.90. The minimum atomic E-state index is -2.90. The first kappa shape index (κ1) is 76.3. The second-order valence-corrected chi connectivity index (χ2v) is 25.7. The van der Waals surface area contributed by atoms with Crippen molar-refractivity contribution in [3.8, 4) is 0 Å². The molecule has 0 atom stereocenters. The highest BCUT2D eigenvalue weighted by Gasteiger charge is 2.21. The highest BCUT2D eigenvalue weighted by atomic mass is 31.2. The Morgan fingerprint density at radius 3 is 1.45 bits per heavy atom. The Bertz CT molecular complexity index is 2110. The third-order valence-corrected chi connectivity index (χ3v) is 17.4. The van der Waals surface area contributed by atoms with E-state index in [2.05, 4.69) is 88.2 Å². The molecule has 0 aliphatic rings. The van der Waals surface area contributed by atoms with E-state index in [1.54, 1.807) is 12.1 Å². The lowest BCUT2D eigenvalue weighted by atomic mass is 10.1. The Morgan fingerprint density at radius 2 is 0.964 bits per heavy atom. The third-order valence-electron chi connectivity index (χ3n) is 15.5. The fourth-order valence-corrected chi connectivity index (χ4v) is 11.3. The number of nitrogen functional groups attached to an aromatic ring is 1. The third kappa shape index (κ3) is 40.5. The molecule has 482 valence electrons. The molecular weight excluding hydrogens is 1070 g/mol. The molecule has 84 heavy (non-hydrogen) atoms. The lowest BCUT2D eigenvalue weighted by Crippen LogP contribution is -2.24. The second kappa shape index (κ2) is 54.6. The fraction of sp³-hybridized carbons (Fsp3) is 0.768. The van der Waals surface area contributed by atoms with Crippen LogP contribution in [0, 0.1) is 0 Å². The van der Waals surface area contributed by atoms with Crippen LogP contribution in [0.15, 0.2) is 53.4 Å². The Morgan fingerprint density at radius 1 is 0.524 bits per heavy atom. The van der Waals surface area contributed by atoms with Crippen LogP contribution in [0.3, 0.4) is 0 Å². The minimum absolute atomic E-state index is 0.0786. The zero-order chi connectivity index (χ0) is 60.7. The van der Waals surface area contributed by atoms with Gasteiger partial charge < -0.3 is 41.0 Å². The molecule has 14 nitrogen and oxygen atoms in total. The van der Waals surface area contributed by atoms with Gasteiger partial charge in [0.2, 0.25) is 5.95 Å². The molecule has 7 N–H and O–H groups in total.